The van der Waals surface area contributed by atoms with Crippen molar-refractivity contribution in [2.45, 2.75) is 31.5 Å². The summed E-state index contributed by atoms with van der Waals surface area (Å²) < 4.78 is 43.6. The molecule has 0 saturated carbocycles. The highest BCUT2D eigenvalue weighted by Crippen LogP contribution is 2.36. The Kier molecular flexibility index (Phi) is 6.06. The average Bonchev–Trinajstić information content (AvgIpc) is 2.99. The molecule has 0 aromatic heterocycles. The first-order valence-electron chi connectivity index (χ1n) is 7.30. The van der Waals surface area contributed by atoms with E-state index in [1.807, 2.05) is 0 Å². The number of carbonyl (C=O) groups is 2. The lowest BCUT2D eigenvalue weighted by atomic mass is 10.2. The molecule has 9 heteroatoms. The molecule has 0 spiro atoms. The molecular weight excluding hydrogens is 349 g/mol. The standard InChI is InChI=1S/C15H16ClF3N2O3/c16-12-4-3-9(6-11(12)15(17,18)19)21-14(23)7-13(22)20-8-10-2-1-5-24-10/h3-4,6,10H,1-2,5,7-8H2,(H,20,22)(H,21,23). The first-order valence-corrected chi connectivity index (χ1v) is 7.68. The Balaban J connectivity index is 1.86. The molecule has 0 radical (unpaired) electrons. The Morgan fingerprint density at radius 3 is 2.67 bits per heavy atom. The number of hydrogen-bond acceptors (Lipinski definition) is 3. The quantitative estimate of drug-likeness (QED) is 0.789. The van der Waals surface area contributed by atoms with Crippen LogP contribution in [0.5, 0.6) is 0 Å². The summed E-state index contributed by atoms with van der Waals surface area (Å²) in [4.78, 5) is 23.4. The lowest BCUT2D eigenvalue weighted by Crippen LogP contribution is -2.34. The number of rotatable bonds is 5. The number of halogens is 4. The van der Waals surface area contributed by atoms with Crippen molar-refractivity contribution in [3.8, 4) is 0 Å². The summed E-state index contributed by atoms with van der Waals surface area (Å²) in [5.41, 5.74) is -1.13. The highest BCUT2D eigenvalue weighted by Gasteiger charge is 2.33. The van der Waals surface area contributed by atoms with E-state index in [0.29, 0.717) is 13.2 Å². The van der Waals surface area contributed by atoms with E-state index in [9.17, 15) is 22.8 Å². The zero-order chi connectivity index (χ0) is 17.7. The van der Waals surface area contributed by atoms with Crippen molar-refractivity contribution in [1.29, 1.82) is 0 Å². The van der Waals surface area contributed by atoms with Gasteiger partial charge in [0.05, 0.1) is 16.7 Å². The Morgan fingerprint density at radius 1 is 1.29 bits per heavy atom. The van der Waals surface area contributed by atoms with Crippen LogP contribution in [0.1, 0.15) is 24.8 Å². The largest absolute Gasteiger partial charge is 0.417 e. The molecule has 1 fully saturated rings. The maximum Gasteiger partial charge on any atom is 0.417 e. The average molecular weight is 365 g/mol. The Bertz CT molecular complexity index is 616. The van der Waals surface area contributed by atoms with E-state index in [4.69, 9.17) is 16.3 Å². The molecule has 2 N–H and O–H groups in total. The summed E-state index contributed by atoms with van der Waals surface area (Å²) in [6.45, 7) is 0.963. The SMILES string of the molecule is O=C(CC(=O)Nc1ccc(Cl)c(C(F)(F)F)c1)NCC1CCCO1. The minimum atomic E-state index is -4.63. The second-order valence-corrected chi connectivity index (χ2v) is 5.76. The van der Waals surface area contributed by atoms with Crippen molar-refractivity contribution >= 4 is 29.1 Å². The van der Waals surface area contributed by atoms with Gasteiger partial charge in [-0.15, -0.1) is 0 Å². The van der Waals surface area contributed by atoms with Crippen LogP contribution in [0.25, 0.3) is 0 Å². The predicted octanol–water partition coefficient (Wildman–Crippen LogP) is 2.98. The monoisotopic (exact) mass is 364 g/mol. The molecule has 1 aliphatic rings. The summed E-state index contributed by atoms with van der Waals surface area (Å²) in [5, 5.41) is 4.35. The molecule has 1 aromatic carbocycles. The molecule has 132 valence electrons. The fourth-order valence-electron chi connectivity index (χ4n) is 2.27. The van der Waals surface area contributed by atoms with E-state index in [0.717, 1.165) is 25.0 Å². The zero-order valence-corrected chi connectivity index (χ0v) is 13.3. The molecule has 1 heterocycles. The maximum atomic E-state index is 12.8. The van der Waals surface area contributed by atoms with Gasteiger partial charge in [-0.2, -0.15) is 13.2 Å². The normalized spacial score (nSPS) is 17.6. The summed E-state index contributed by atoms with van der Waals surface area (Å²) in [6, 6.07) is 3.00. The molecule has 24 heavy (non-hydrogen) atoms. The first-order chi connectivity index (χ1) is 11.3. The molecule has 1 aromatic rings. The number of amides is 2. The van der Waals surface area contributed by atoms with E-state index in [-0.39, 0.29) is 11.8 Å². The van der Waals surface area contributed by atoms with Crippen LogP contribution in [0.4, 0.5) is 18.9 Å². The minimum Gasteiger partial charge on any atom is -0.376 e. The molecule has 0 aliphatic carbocycles. The van der Waals surface area contributed by atoms with E-state index in [1.165, 1.54) is 6.07 Å². The maximum absolute atomic E-state index is 12.8. The van der Waals surface area contributed by atoms with Crippen LogP contribution in [-0.2, 0) is 20.5 Å². The number of hydrogen-bond donors (Lipinski definition) is 2. The second kappa shape index (κ2) is 7.85. The molecule has 5 nitrogen and oxygen atoms in total. The molecule has 1 saturated heterocycles. The number of nitrogens with one attached hydrogen (secondary N) is 2. The van der Waals surface area contributed by atoms with Crippen LogP contribution in [0.3, 0.4) is 0 Å². The highest BCUT2D eigenvalue weighted by molar-refractivity contribution is 6.31. The van der Waals surface area contributed by atoms with Gasteiger partial charge in [0.25, 0.3) is 0 Å². The smallest absolute Gasteiger partial charge is 0.376 e. The van der Waals surface area contributed by atoms with Gasteiger partial charge in [-0.05, 0) is 31.0 Å². The van der Waals surface area contributed by atoms with Gasteiger partial charge in [-0.3, -0.25) is 9.59 Å². The van der Waals surface area contributed by atoms with E-state index >= 15 is 0 Å². The van der Waals surface area contributed by atoms with Gasteiger partial charge < -0.3 is 15.4 Å². The van der Waals surface area contributed by atoms with Crippen molar-refractivity contribution < 1.29 is 27.5 Å². The van der Waals surface area contributed by atoms with Gasteiger partial charge in [0.1, 0.15) is 6.42 Å². The van der Waals surface area contributed by atoms with Gasteiger partial charge in [0.2, 0.25) is 11.8 Å². The van der Waals surface area contributed by atoms with Gasteiger partial charge in [-0.1, -0.05) is 11.6 Å². The predicted molar refractivity (Wildman–Crippen MR) is 81.7 cm³/mol. The summed E-state index contributed by atoms with van der Waals surface area (Å²) in [7, 11) is 0. The fourth-order valence-corrected chi connectivity index (χ4v) is 2.49. The Labute approximate surface area is 141 Å². The minimum absolute atomic E-state index is 0.0531. The summed E-state index contributed by atoms with van der Waals surface area (Å²) in [5.74, 6) is -1.23. The number of carbonyl (C=O) groups excluding carboxylic acids is 2. The molecule has 0 bridgehead atoms. The molecule has 1 unspecified atom stereocenters. The number of benzene rings is 1. The van der Waals surface area contributed by atoms with Crippen LogP contribution in [-0.4, -0.2) is 31.1 Å². The third-order valence-electron chi connectivity index (χ3n) is 3.43. The molecule has 1 aliphatic heterocycles. The van der Waals surface area contributed by atoms with E-state index in [1.54, 1.807) is 0 Å². The van der Waals surface area contributed by atoms with E-state index in [2.05, 4.69) is 10.6 Å². The number of anilines is 1. The van der Waals surface area contributed by atoms with Crippen molar-refractivity contribution in [3.05, 3.63) is 28.8 Å². The van der Waals surface area contributed by atoms with Crippen LogP contribution in [0.2, 0.25) is 5.02 Å². The summed E-state index contributed by atoms with van der Waals surface area (Å²) >= 11 is 5.50. The molecule has 2 amide bonds. The van der Waals surface area contributed by atoms with Gasteiger partial charge in [0, 0.05) is 18.8 Å². The van der Waals surface area contributed by atoms with Crippen molar-refractivity contribution in [2.24, 2.45) is 0 Å². The van der Waals surface area contributed by atoms with Crippen LogP contribution >= 0.6 is 11.6 Å². The van der Waals surface area contributed by atoms with Crippen molar-refractivity contribution in [1.82, 2.24) is 5.32 Å². The van der Waals surface area contributed by atoms with Crippen LogP contribution in [0.15, 0.2) is 18.2 Å². The topological polar surface area (TPSA) is 67.4 Å². The lowest BCUT2D eigenvalue weighted by Gasteiger charge is -2.12. The zero-order valence-electron chi connectivity index (χ0n) is 12.6. The summed E-state index contributed by atoms with van der Waals surface area (Å²) in [6.07, 6.45) is -3.40. The molecule has 2 rings (SSSR count). The highest BCUT2D eigenvalue weighted by atomic mass is 35.5. The Hall–Kier alpha value is -1.80. The first kappa shape index (κ1) is 18.5. The van der Waals surface area contributed by atoms with Crippen LogP contribution in [0, 0.1) is 0 Å². The van der Waals surface area contributed by atoms with Crippen molar-refractivity contribution in [2.75, 3.05) is 18.5 Å². The Morgan fingerprint density at radius 2 is 2.04 bits per heavy atom. The van der Waals surface area contributed by atoms with Crippen molar-refractivity contribution in [3.63, 3.8) is 0 Å². The second-order valence-electron chi connectivity index (χ2n) is 5.36. The third-order valence-corrected chi connectivity index (χ3v) is 3.76. The van der Waals surface area contributed by atoms with Gasteiger partial charge >= 0.3 is 6.18 Å². The third kappa shape index (κ3) is 5.38. The molecular formula is C15H16ClF3N2O3. The fraction of sp³-hybridized carbons (Fsp3) is 0.467. The van der Waals surface area contributed by atoms with Gasteiger partial charge in [0.15, 0.2) is 0 Å². The molecule has 1 atom stereocenters. The number of ether oxygens (including phenoxy) is 1. The van der Waals surface area contributed by atoms with Crippen LogP contribution < -0.4 is 10.6 Å². The number of alkyl halides is 3. The lowest BCUT2D eigenvalue weighted by molar-refractivity contribution is -0.137. The van der Waals surface area contributed by atoms with E-state index < -0.39 is 35.0 Å². The van der Waals surface area contributed by atoms with Gasteiger partial charge in [-0.25, -0.2) is 0 Å².